The van der Waals surface area contributed by atoms with Crippen molar-refractivity contribution in [3.05, 3.63) is 45.2 Å². The molecule has 0 saturated heterocycles. The van der Waals surface area contributed by atoms with Gasteiger partial charge in [0.05, 0.1) is 12.7 Å². The molecule has 0 aliphatic heterocycles. The van der Waals surface area contributed by atoms with Crippen LogP contribution >= 0.6 is 34.8 Å². The lowest BCUT2D eigenvalue weighted by atomic mass is 10.2. The van der Waals surface area contributed by atoms with E-state index in [-0.39, 0.29) is 26.9 Å². The second kappa shape index (κ2) is 6.26. The van der Waals surface area contributed by atoms with Gasteiger partial charge in [-0.25, -0.2) is 4.99 Å². The smallest absolute Gasteiger partial charge is 0.179 e. The summed E-state index contributed by atoms with van der Waals surface area (Å²) in [5, 5.41) is 7.30. The van der Waals surface area contributed by atoms with Gasteiger partial charge in [-0.15, -0.1) is 10.2 Å². The fourth-order valence-corrected chi connectivity index (χ4v) is 2.02. The van der Waals surface area contributed by atoms with Crippen LogP contribution in [0.5, 0.6) is 5.75 Å². The molecule has 1 heterocycles. The number of hydrogen-bond donors (Lipinski definition) is 1. The van der Waals surface area contributed by atoms with Crippen molar-refractivity contribution in [1.29, 1.82) is 0 Å². The number of aliphatic imine (C=N–C) groups is 1. The summed E-state index contributed by atoms with van der Waals surface area (Å²) < 4.78 is 5.21. The van der Waals surface area contributed by atoms with E-state index in [1.54, 1.807) is 18.2 Å². The standard InChI is InChI=1S/C12H9Cl3N4O/c1-20-7-5-3-2-4-6(7)12(16)17-9-8(13)10(14)18-19-11(9)15/h2-5H,1H3,(H2,16,17,18). The highest BCUT2D eigenvalue weighted by Crippen LogP contribution is 2.35. The molecular formula is C12H9Cl3N4O. The molecule has 0 amide bonds. The van der Waals surface area contributed by atoms with Gasteiger partial charge in [-0.2, -0.15) is 0 Å². The minimum atomic E-state index is 0.00245. The first-order valence-electron chi connectivity index (χ1n) is 5.39. The van der Waals surface area contributed by atoms with Gasteiger partial charge in [0, 0.05) is 0 Å². The molecule has 0 atom stereocenters. The van der Waals surface area contributed by atoms with Crippen LogP contribution in [-0.2, 0) is 0 Å². The van der Waals surface area contributed by atoms with Crippen LogP contribution in [0.4, 0.5) is 5.69 Å². The van der Waals surface area contributed by atoms with E-state index in [1.807, 2.05) is 6.07 Å². The molecule has 0 spiro atoms. The average molecular weight is 332 g/mol. The Labute approximate surface area is 130 Å². The molecule has 1 aromatic carbocycles. The first-order valence-corrected chi connectivity index (χ1v) is 6.52. The Hall–Kier alpha value is -1.56. The van der Waals surface area contributed by atoms with E-state index in [9.17, 15) is 0 Å². The molecule has 0 saturated carbocycles. The highest BCUT2D eigenvalue weighted by atomic mass is 35.5. The lowest BCUT2D eigenvalue weighted by Crippen LogP contribution is -2.14. The van der Waals surface area contributed by atoms with Crippen molar-refractivity contribution in [2.45, 2.75) is 0 Å². The average Bonchev–Trinajstić information content (AvgIpc) is 2.47. The number of ether oxygens (including phenoxy) is 1. The van der Waals surface area contributed by atoms with Gasteiger partial charge < -0.3 is 10.5 Å². The molecule has 1 aromatic heterocycles. The monoisotopic (exact) mass is 330 g/mol. The molecule has 0 unspecified atom stereocenters. The van der Waals surface area contributed by atoms with E-state index < -0.39 is 0 Å². The number of nitrogens with zero attached hydrogens (tertiary/aromatic N) is 3. The van der Waals surface area contributed by atoms with E-state index in [2.05, 4.69) is 15.2 Å². The zero-order valence-electron chi connectivity index (χ0n) is 10.3. The van der Waals surface area contributed by atoms with Crippen LogP contribution in [0.2, 0.25) is 15.3 Å². The number of amidine groups is 1. The van der Waals surface area contributed by atoms with E-state index in [4.69, 9.17) is 45.3 Å². The maximum atomic E-state index is 5.99. The normalized spacial score (nSPS) is 11.5. The summed E-state index contributed by atoms with van der Waals surface area (Å²) in [4.78, 5) is 4.16. The maximum absolute atomic E-state index is 5.99. The van der Waals surface area contributed by atoms with Crippen molar-refractivity contribution in [2.75, 3.05) is 7.11 Å². The van der Waals surface area contributed by atoms with E-state index in [1.165, 1.54) is 7.11 Å². The molecule has 5 nitrogen and oxygen atoms in total. The zero-order valence-corrected chi connectivity index (χ0v) is 12.5. The molecule has 0 aliphatic carbocycles. The van der Waals surface area contributed by atoms with Gasteiger partial charge in [-0.3, -0.25) is 0 Å². The van der Waals surface area contributed by atoms with Crippen LogP contribution in [0.25, 0.3) is 0 Å². The van der Waals surface area contributed by atoms with Gasteiger partial charge in [0.25, 0.3) is 0 Å². The Morgan fingerprint density at radius 1 is 1.15 bits per heavy atom. The Bertz CT molecular complexity index is 676. The predicted octanol–water partition coefficient (Wildman–Crippen LogP) is 3.48. The van der Waals surface area contributed by atoms with Crippen molar-refractivity contribution in [3.63, 3.8) is 0 Å². The summed E-state index contributed by atoms with van der Waals surface area (Å²) in [5.74, 6) is 0.754. The molecule has 20 heavy (non-hydrogen) atoms. The number of rotatable bonds is 3. The van der Waals surface area contributed by atoms with Crippen LogP contribution in [0.15, 0.2) is 29.3 Å². The number of methoxy groups -OCH3 is 1. The molecule has 2 rings (SSSR count). The zero-order chi connectivity index (χ0) is 14.7. The van der Waals surface area contributed by atoms with E-state index >= 15 is 0 Å². The second-order valence-corrected chi connectivity index (χ2v) is 4.74. The minimum absolute atomic E-state index is 0.00245. The summed E-state index contributed by atoms with van der Waals surface area (Å²) in [6, 6.07) is 7.15. The lowest BCUT2D eigenvalue weighted by Gasteiger charge is -2.08. The van der Waals surface area contributed by atoms with Gasteiger partial charge in [0.2, 0.25) is 0 Å². The Morgan fingerprint density at radius 2 is 1.80 bits per heavy atom. The molecular weight excluding hydrogens is 323 g/mol. The van der Waals surface area contributed by atoms with Crippen LogP contribution in [0.3, 0.4) is 0 Å². The number of benzene rings is 1. The van der Waals surface area contributed by atoms with Crippen molar-refractivity contribution >= 4 is 46.3 Å². The molecule has 0 aliphatic rings. The van der Waals surface area contributed by atoms with Gasteiger partial charge in [0.1, 0.15) is 22.3 Å². The van der Waals surface area contributed by atoms with Crippen molar-refractivity contribution in [3.8, 4) is 5.75 Å². The van der Waals surface area contributed by atoms with Gasteiger partial charge in [-0.05, 0) is 12.1 Å². The summed E-state index contributed by atoms with van der Waals surface area (Å²) in [6.07, 6.45) is 0. The largest absolute Gasteiger partial charge is 0.496 e. The summed E-state index contributed by atoms with van der Waals surface area (Å²) >= 11 is 17.7. The van der Waals surface area contributed by atoms with Gasteiger partial charge >= 0.3 is 0 Å². The SMILES string of the molecule is COc1ccccc1C(N)=Nc1c(Cl)nnc(Cl)c1Cl. The van der Waals surface area contributed by atoms with Gasteiger partial charge in [0.15, 0.2) is 10.3 Å². The molecule has 2 aromatic rings. The number of hydrogen-bond acceptors (Lipinski definition) is 4. The number of nitrogens with two attached hydrogens (primary N) is 1. The first kappa shape index (κ1) is 14.8. The van der Waals surface area contributed by atoms with Crippen LogP contribution < -0.4 is 10.5 Å². The second-order valence-electron chi connectivity index (χ2n) is 3.64. The fraction of sp³-hybridized carbons (Fsp3) is 0.0833. The Morgan fingerprint density at radius 3 is 2.50 bits per heavy atom. The molecule has 0 radical (unpaired) electrons. The summed E-state index contributed by atoms with van der Waals surface area (Å²) in [5.41, 5.74) is 6.72. The van der Waals surface area contributed by atoms with Crippen LogP contribution in [-0.4, -0.2) is 23.1 Å². The van der Waals surface area contributed by atoms with Gasteiger partial charge in [-0.1, -0.05) is 46.9 Å². The number of aromatic nitrogens is 2. The topological polar surface area (TPSA) is 73.4 Å². The third-order valence-corrected chi connectivity index (χ3v) is 3.40. The molecule has 2 N–H and O–H groups in total. The predicted molar refractivity (Wildman–Crippen MR) is 80.4 cm³/mol. The van der Waals surface area contributed by atoms with Crippen molar-refractivity contribution in [1.82, 2.24) is 10.2 Å². The third kappa shape index (κ3) is 2.95. The number of halogens is 3. The maximum Gasteiger partial charge on any atom is 0.179 e. The molecule has 0 bridgehead atoms. The van der Waals surface area contributed by atoms with E-state index in [0.29, 0.717) is 11.3 Å². The molecule has 8 heteroatoms. The fourth-order valence-electron chi connectivity index (χ4n) is 1.50. The lowest BCUT2D eigenvalue weighted by molar-refractivity contribution is 0.414. The Balaban J connectivity index is 2.53. The number of para-hydroxylation sites is 1. The van der Waals surface area contributed by atoms with Crippen molar-refractivity contribution < 1.29 is 4.74 Å². The quantitative estimate of drug-likeness (QED) is 0.690. The highest BCUT2D eigenvalue weighted by molar-refractivity contribution is 6.44. The van der Waals surface area contributed by atoms with Crippen LogP contribution in [0.1, 0.15) is 5.56 Å². The molecule has 0 fully saturated rings. The Kier molecular flexibility index (Phi) is 4.65. The molecule has 104 valence electrons. The summed E-state index contributed by atoms with van der Waals surface area (Å²) in [6.45, 7) is 0. The first-order chi connectivity index (χ1) is 9.54. The van der Waals surface area contributed by atoms with Crippen LogP contribution in [0, 0.1) is 0 Å². The highest BCUT2D eigenvalue weighted by Gasteiger charge is 2.14. The third-order valence-electron chi connectivity index (χ3n) is 2.43. The minimum Gasteiger partial charge on any atom is -0.496 e. The summed E-state index contributed by atoms with van der Waals surface area (Å²) in [7, 11) is 1.54. The van der Waals surface area contributed by atoms with E-state index in [0.717, 1.165) is 0 Å². The van der Waals surface area contributed by atoms with Crippen molar-refractivity contribution in [2.24, 2.45) is 10.7 Å².